The van der Waals surface area contributed by atoms with Crippen molar-refractivity contribution in [1.29, 1.82) is 0 Å². The van der Waals surface area contributed by atoms with E-state index in [9.17, 15) is 27.6 Å². The van der Waals surface area contributed by atoms with Crippen molar-refractivity contribution in [3.8, 4) is 0 Å². The van der Waals surface area contributed by atoms with Crippen molar-refractivity contribution in [1.82, 2.24) is 19.4 Å². The number of nitrogens with one attached hydrogen (secondary N) is 1. The number of anilines is 1. The summed E-state index contributed by atoms with van der Waals surface area (Å²) in [4.78, 5) is 45.0. The zero-order valence-electron chi connectivity index (χ0n) is 19.7. The van der Waals surface area contributed by atoms with E-state index in [1.807, 2.05) is 4.57 Å². The lowest BCUT2D eigenvalue weighted by Gasteiger charge is -2.35. The number of hydrogen-bond acceptors (Lipinski definition) is 5. The number of rotatable bonds is 4. The average molecular weight is 505 g/mol. The van der Waals surface area contributed by atoms with Crippen LogP contribution in [-0.4, -0.2) is 64.0 Å². The number of benzene rings is 1. The Labute approximate surface area is 205 Å². The van der Waals surface area contributed by atoms with E-state index in [4.69, 9.17) is 4.74 Å². The minimum Gasteiger partial charge on any atom is -0.453 e. The number of aromatic nitrogens is 2. The van der Waals surface area contributed by atoms with Gasteiger partial charge in [-0.15, -0.1) is 0 Å². The third kappa shape index (κ3) is 5.07. The quantitative estimate of drug-likeness (QED) is 0.641. The molecule has 0 bridgehead atoms. The lowest BCUT2D eigenvalue weighted by molar-refractivity contribution is -0.137. The molecule has 3 amide bonds. The smallest absolute Gasteiger partial charge is 0.416 e. The first-order chi connectivity index (χ1) is 17.1. The van der Waals surface area contributed by atoms with E-state index >= 15 is 0 Å². The first-order valence-corrected chi connectivity index (χ1v) is 11.4. The molecule has 0 aliphatic carbocycles. The number of alkyl halides is 3. The fraction of sp³-hybridized carbons (Fsp3) is 0.417. The second kappa shape index (κ2) is 10.0. The van der Waals surface area contributed by atoms with Gasteiger partial charge in [-0.3, -0.25) is 14.9 Å². The van der Waals surface area contributed by atoms with E-state index < -0.39 is 23.7 Å². The van der Waals surface area contributed by atoms with Crippen LogP contribution in [0.15, 0.2) is 36.9 Å². The number of carbonyl (C=O) groups excluding carboxylic acids is 3. The van der Waals surface area contributed by atoms with Crippen LogP contribution in [0.4, 0.5) is 23.9 Å². The molecule has 0 radical (unpaired) electrons. The van der Waals surface area contributed by atoms with Crippen LogP contribution in [0.3, 0.4) is 0 Å². The molecule has 1 atom stereocenters. The molecule has 0 spiro atoms. The molecular formula is C24H26F3N5O4. The van der Waals surface area contributed by atoms with Crippen LogP contribution >= 0.6 is 0 Å². The minimum atomic E-state index is -4.59. The summed E-state index contributed by atoms with van der Waals surface area (Å²) in [5, 5.41) is 2.66. The fourth-order valence-electron chi connectivity index (χ4n) is 4.68. The molecule has 0 saturated carbocycles. The van der Waals surface area contributed by atoms with Crippen molar-refractivity contribution < 1.29 is 32.3 Å². The number of halogens is 3. The number of piperidine rings is 1. The summed E-state index contributed by atoms with van der Waals surface area (Å²) in [7, 11) is 1.28. The van der Waals surface area contributed by atoms with Gasteiger partial charge in [0.1, 0.15) is 0 Å². The Hall–Kier alpha value is -3.83. The minimum absolute atomic E-state index is 0.156. The molecule has 2 aliphatic rings. The third-order valence-corrected chi connectivity index (χ3v) is 6.41. The summed E-state index contributed by atoms with van der Waals surface area (Å²) >= 11 is 0. The molecule has 1 unspecified atom stereocenters. The van der Waals surface area contributed by atoms with E-state index in [1.165, 1.54) is 30.2 Å². The summed E-state index contributed by atoms with van der Waals surface area (Å²) in [6, 6.07) is 3.92. The summed E-state index contributed by atoms with van der Waals surface area (Å²) in [5.74, 6) is -0.795. The van der Waals surface area contributed by atoms with Crippen molar-refractivity contribution in [2.45, 2.75) is 38.0 Å². The van der Waals surface area contributed by atoms with Gasteiger partial charge in [0.15, 0.2) is 0 Å². The zero-order valence-corrected chi connectivity index (χ0v) is 19.7. The lowest BCUT2D eigenvalue weighted by Crippen LogP contribution is -2.41. The van der Waals surface area contributed by atoms with E-state index in [0.29, 0.717) is 44.6 Å². The normalized spacial score (nSPS) is 17.8. The molecule has 1 aromatic carbocycles. The number of amides is 3. The Morgan fingerprint density at radius 2 is 2.00 bits per heavy atom. The maximum absolute atomic E-state index is 13.2. The van der Waals surface area contributed by atoms with E-state index in [-0.39, 0.29) is 30.0 Å². The lowest BCUT2D eigenvalue weighted by atomic mass is 10.0. The first kappa shape index (κ1) is 25.3. The number of hydrogen-bond donors (Lipinski definition) is 1. The maximum Gasteiger partial charge on any atom is 0.416 e. The molecule has 1 aromatic heterocycles. The highest BCUT2D eigenvalue weighted by Crippen LogP contribution is 2.33. The van der Waals surface area contributed by atoms with Crippen molar-refractivity contribution in [3.63, 3.8) is 0 Å². The third-order valence-electron chi connectivity index (χ3n) is 6.41. The highest BCUT2D eigenvalue weighted by molar-refractivity contribution is 6.03. The monoisotopic (exact) mass is 505 g/mol. The summed E-state index contributed by atoms with van der Waals surface area (Å²) < 4.78 is 46.1. The maximum atomic E-state index is 13.2. The van der Waals surface area contributed by atoms with Gasteiger partial charge >= 0.3 is 12.3 Å². The fourth-order valence-corrected chi connectivity index (χ4v) is 4.68. The van der Waals surface area contributed by atoms with Gasteiger partial charge in [-0.1, -0.05) is 12.6 Å². The van der Waals surface area contributed by atoms with Crippen LogP contribution in [0.2, 0.25) is 0 Å². The molecule has 1 fully saturated rings. The van der Waals surface area contributed by atoms with Gasteiger partial charge in [-0.05, 0) is 37.1 Å². The summed E-state index contributed by atoms with van der Waals surface area (Å²) in [6.45, 7) is 5.00. The van der Waals surface area contributed by atoms with Gasteiger partial charge in [-0.2, -0.15) is 13.2 Å². The van der Waals surface area contributed by atoms with Crippen molar-refractivity contribution >= 4 is 23.9 Å². The zero-order chi connectivity index (χ0) is 26.0. The molecule has 9 nitrogen and oxygen atoms in total. The SMILES string of the molecule is C=CC(=O)N1CCCC(n2c(NC(=O)c3cccc(C(F)(F)F)c3)nc3c2CCN(C(=O)OC)C3)C1. The van der Waals surface area contributed by atoms with E-state index in [1.54, 1.807) is 4.90 Å². The summed E-state index contributed by atoms with van der Waals surface area (Å²) in [6.07, 6.45) is -2.00. The predicted octanol–water partition coefficient (Wildman–Crippen LogP) is 3.63. The van der Waals surface area contributed by atoms with Crippen LogP contribution in [0.5, 0.6) is 0 Å². The number of fused-ring (bicyclic) bond motifs is 1. The molecule has 12 heteroatoms. The number of imidazole rings is 1. The van der Waals surface area contributed by atoms with Gasteiger partial charge in [0.2, 0.25) is 11.9 Å². The number of nitrogens with zero attached hydrogens (tertiary/aromatic N) is 4. The molecular weight excluding hydrogens is 479 g/mol. The Balaban J connectivity index is 1.68. The van der Waals surface area contributed by atoms with Crippen molar-refractivity contribution in [3.05, 3.63) is 59.4 Å². The van der Waals surface area contributed by atoms with Gasteiger partial charge in [0.25, 0.3) is 5.91 Å². The Morgan fingerprint density at radius 3 is 2.69 bits per heavy atom. The van der Waals surface area contributed by atoms with E-state index in [2.05, 4.69) is 16.9 Å². The van der Waals surface area contributed by atoms with Crippen molar-refractivity contribution in [2.75, 3.05) is 32.1 Å². The van der Waals surface area contributed by atoms with E-state index in [0.717, 1.165) is 17.8 Å². The molecule has 1 saturated heterocycles. The molecule has 2 aliphatic heterocycles. The standard InChI is InChI=1S/C24H26F3N5O4/c1-3-20(33)30-10-5-8-17(13-30)32-19-9-11-31(23(35)36-2)14-18(19)28-22(32)29-21(34)15-6-4-7-16(12-15)24(25,26)27/h3-4,6-7,12,17H,1,5,8-11,13-14H2,2H3,(H,28,29,34). The van der Waals surface area contributed by atoms with Gasteiger partial charge in [0, 0.05) is 37.3 Å². The van der Waals surface area contributed by atoms with Gasteiger partial charge in [-0.25, -0.2) is 9.78 Å². The van der Waals surface area contributed by atoms with Crippen LogP contribution in [0.1, 0.15) is 46.2 Å². The topological polar surface area (TPSA) is 96.8 Å². The van der Waals surface area contributed by atoms with Gasteiger partial charge < -0.3 is 19.1 Å². The molecule has 2 aromatic rings. The Morgan fingerprint density at radius 1 is 1.22 bits per heavy atom. The highest BCUT2D eigenvalue weighted by Gasteiger charge is 2.34. The number of carbonyl (C=O) groups is 3. The largest absolute Gasteiger partial charge is 0.453 e. The van der Waals surface area contributed by atoms with Crippen LogP contribution < -0.4 is 5.32 Å². The number of methoxy groups -OCH3 is 1. The number of ether oxygens (including phenoxy) is 1. The van der Waals surface area contributed by atoms with Gasteiger partial charge in [0.05, 0.1) is 31.0 Å². The highest BCUT2D eigenvalue weighted by atomic mass is 19.4. The molecule has 4 rings (SSSR count). The van der Waals surface area contributed by atoms with Crippen LogP contribution in [0.25, 0.3) is 0 Å². The Bertz CT molecular complexity index is 1190. The summed E-state index contributed by atoms with van der Waals surface area (Å²) in [5.41, 5.74) is 0.253. The molecule has 192 valence electrons. The second-order valence-electron chi connectivity index (χ2n) is 8.66. The first-order valence-electron chi connectivity index (χ1n) is 11.4. The van der Waals surface area contributed by atoms with Crippen LogP contribution in [-0.2, 0) is 28.7 Å². The number of likely N-dealkylation sites (tertiary alicyclic amines) is 1. The average Bonchev–Trinajstić information content (AvgIpc) is 3.24. The molecule has 36 heavy (non-hydrogen) atoms. The Kier molecular flexibility index (Phi) is 7.04. The molecule has 3 heterocycles. The predicted molar refractivity (Wildman–Crippen MR) is 123 cm³/mol. The second-order valence-corrected chi connectivity index (χ2v) is 8.66. The van der Waals surface area contributed by atoms with Crippen molar-refractivity contribution in [2.24, 2.45) is 0 Å². The van der Waals surface area contributed by atoms with Crippen LogP contribution in [0, 0.1) is 0 Å². The molecule has 1 N–H and O–H groups in total.